The molecule has 0 saturated carbocycles. The highest BCUT2D eigenvalue weighted by Gasteiger charge is 2.24. The maximum atomic E-state index is 9.24. The first-order valence-electron chi connectivity index (χ1n) is 6.28. The molecule has 0 spiro atoms. The predicted molar refractivity (Wildman–Crippen MR) is 76.7 cm³/mol. The second kappa shape index (κ2) is 7.70. The van der Waals surface area contributed by atoms with E-state index in [-0.39, 0.29) is 13.2 Å². The lowest BCUT2D eigenvalue weighted by Gasteiger charge is -2.30. The minimum absolute atomic E-state index is 0.0387. The molecule has 0 amide bonds. The van der Waals surface area contributed by atoms with Gasteiger partial charge in [0.15, 0.2) is 0 Å². The van der Waals surface area contributed by atoms with E-state index in [0.29, 0.717) is 24.7 Å². The van der Waals surface area contributed by atoms with Gasteiger partial charge < -0.3 is 19.8 Å². The summed E-state index contributed by atoms with van der Waals surface area (Å²) >= 11 is 5.87. The van der Waals surface area contributed by atoms with Gasteiger partial charge in [-0.1, -0.05) is 24.6 Å². The number of aliphatic hydroxyl groups is 2. The van der Waals surface area contributed by atoms with Crippen LogP contribution < -0.4 is 4.74 Å². The van der Waals surface area contributed by atoms with Crippen LogP contribution in [0.2, 0.25) is 5.02 Å². The zero-order valence-electron chi connectivity index (χ0n) is 11.5. The maximum Gasteiger partial charge on any atom is 0.120 e. The van der Waals surface area contributed by atoms with Crippen molar-refractivity contribution < 1.29 is 14.9 Å². The number of ether oxygens (including phenoxy) is 1. The topological polar surface area (TPSA) is 52.9 Å². The Morgan fingerprint density at radius 1 is 1.32 bits per heavy atom. The average Bonchev–Trinajstić information content (AvgIpc) is 2.38. The third-order valence-corrected chi connectivity index (χ3v) is 3.19. The summed E-state index contributed by atoms with van der Waals surface area (Å²) in [6, 6.07) is 7.27. The first-order valence-corrected chi connectivity index (χ1v) is 6.65. The molecule has 0 radical (unpaired) electrons. The lowest BCUT2D eigenvalue weighted by atomic mass is 9.92. The maximum absolute atomic E-state index is 9.24. The molecule has 1 rings (SSSR count). The lowest BCUT2D eigenvalue weighted by molar-refractivity contribution is 0.0391. The van der Waals surface area contributed by atoms with Crippen molar-refractivity contribution in [3.05, 3.63) is 29.3 Å². The number of aliphatic hydroxyl groups excluding tert-OH is 2. The molecule has 2 N–H and O–H groups in total. The Bertz CT molecular complexity index is 383. The molecule has 0 saturated heterocycles. The van der Waals surface area contributed by atoms with Gasteiger partial charge in [-0.3, -0.25) is 0 Å². The Kier molecular flexibility index (Phi) is 6.58. The summed E-state index contributed by atoms with van der Waals surface area (Å²) < 4.78 is 5.59. The van der Waals surface area contributed by atoms with Gasteiger partial charge in [-0.05, 0) is 25.2 Å². The van der Waals surface area contributed by atoms with Crippen molar-refractivity contribution in [2.24, 2.45) is 5.41 Å². The molecule has 1 aromatic rings. The quantitative estimate of drug-likeness (QED) is 0.763. The monoisotopic (exact) mass is 287 g/mol. The summed E-state index contributed by atoms with van der Waals surface area (Å²) in [6.07, 6.45) is 0. The third kappa shape index (κ3) is 5.78. The van der Waals surface area contributed by atoms with E-state index in [1.54, 1.807) is 12.1 Å². The van der Waals surface area contributed by atoms with E-state index in [1.165, 1.54) is 0 Å². The van der Waals surface area contributed by atoms with Crippen LogP contribution in [-0.2, 0) is 0 Å². The van der Waals surface area contributed by atoms with Gasteiger partial charge in [0.2, 0.25) is 0 Å². The van der Waals surface area contributed by atoms with Crippen molar-refractivity contribution in [3.63, 3.8) is 0 Å². The Labute approximate surface area is 119 Å². The molecule has 0 bridgehead atoms. The molecule has 0 fully saturated rings. The van der Waals surface area contributed by atoms with Crippen LogP contribution in [0.1, 0.15) is 6.92 Å². The summed E-state index contributed by atoms with van der Waals surface area (Å²) in [5, 5.41) is 19.1. The molecule has 0 aliphatic heterocycles. The van der Waals surface area contributed by atoms with Crippen LogP contribution in [0.15, 0.2) is 24.3 Å². The Balaban J connectivity index is 2.33. The van der Waals surface area contributed by atoms with Crippen LogP contribution in [0.25, 0.3) is 0 Å². The number of nitrogens with zero attached hydrogens (tertiary/aromatic N) is 1. The van der Waals surface area contributed by atoms with Crippen LogP contribution in [0, 0.1) is 5.41 Å². The first kappa shape index (κ1) is 16.2. The highest BCUT2D eigenvalue weighted by Crippen LogP contribution is 2.18. The molecule has 0 aliphatic carbocycles. The SMILES string of the molecule is CN(CCOc1cccc(Cl)c1)CC(C)(CO)CO. The molecular weight excluding hydrogens is 266 g/mol. The third-order valence-electron chi connectivity index (χ3n) is 2.95. The fourth-order valence-corrected chi connectivity index (χ4v) is 1.94. The fourth-order valence-electron chi connectivity index (χ4n) is 1.76. The Hall–Kier alpha value is -0.810. The Morgan fingerprint density at radius 2 is 2.00 bits per heavy atom. The summed E-state index contributed by atoms with van der Waals surface area (Å²) in [5.74, 6) is 0.743. The molecule has 4 nitrogen and oxygen atoms in total. The molecule has 0 aromatic heterocycles. The zero-order valence-corrected chi connectivity index (χ0v) is 12.2. The van der Waals surface area contributed by atoms with E-state index >= 15 is 0 Å². The van der Waals surface area contributed by atoms with Gasteiger partial charge in [0.25, 0.3) is 0 Å². The zero-order chi connectivity index (χ0) is 14.3. The van der Waals surface area contributed by atoms with E-state index in [0.717, 1.165) is 5.75 Å². The average molecular weight is 288 g/mol. The first-order chi connectivity index (χ1) is 8.99. The largest absolute Gasteiger partial charge is 0.492 e. The van der Waals surface area contributed by atoms with Gasteiger partial charge in [-0.15, -0.1) is 0 Å². The van der Waals surface area contributed by atoms with Gasteiger partial charge in [0.1, 0.15) is 12.4 Å². The van der Waals surface area contributed by atoms with Crippen molar-refractivity contribution in [1.82, 2.24) is 4.90 Å². The highest BCUT2D eigenvalue weighted by atomic mass is 35.5. The van der Waals surface area contributed by atoms with Crippen LogP contribution in [0.4, 0.5) is 0 Å². The van der Waals surface area contributed by atoms with Gasteiger partial charge in [-0.2, -0.15) is 0 Å². The highest BCUT2D eigenvalue weighted by molar-refractivity contribution is 6.30. The van der Waals surface area contributed by atoms with E-state index in [4.69, 9.17) is 16.3 Å². The molecule has 5 heteroatoms. The second-order valence-corrected chi connectivity index (χ2v) is 5.61. The molecule has 108 valence electrons. The summed E-state index contributed by atoms with van der Waals surface area (Å²) in [7, 11) is 1.94. The number of halogens is 1. The minimum atomic E-state index is -0.481. The van der Waals surface area contributed by atoms with Crippen molar-refractivity contribution >= 4 is 11.6 Å². The number of likely N-dealkylation sites (N-methyl/N-ethyl adjacent to an activating group) is 1. The van der Waals surface area contributed by atoms with Crippen molar-refractivity contribution in [1.29, 1.82) is 0 Å². The van der Waals surface area contributed by atoms with E-state index < -0.39 is 5.41 Å². The van der Waals surface area contributed by atoms with E-state index in [9.17, 15) is 10.2 Å². The number of hydrogen-bond acceptors (Lipinski definition) is 4. The van der Waals surface area contributed by atoms with Gasteiger partial charge in [0.05, 0.1) is 13.2 Å². The van der Waals surface area contributed by atoms with Crippen LogP contribution in [0.3, 0.4) is 0 Å². The number of benzene rings is 1. The molecule has 0 unspecified atom stereocenters. The number of rotatable bonds is 8. The summed E-state index contributed by atoms with van der Waals surface area (Å²) in [5.41, 5.74) is -0.481. The van der Waals surface area contributed by atoms with Gasteiger partial charge in [0, 0.05) is 23.5 Å². The predicted octanol–water partition coefficient (Wildman–Crippen LogP) is 1.64. The summed E-state index contributed by atoms with van der Waals surface area (Å²) in [4.78, 5) is 2.02. The molecule has 1 aromatic carbocycles. The van der Waals surface area contributed by atoms with Crippen LogP contribution in [0.5, 0.6) is 5.75 Å². The van der Waals surface area contributed by atoms with Crippen molar-refractivity contribution in [2.45, 2.75) is 6.92 Å². The van der Waals surface area contributed by atoms with Crippen LogP contribution >= 0.6 is 11.6 Å². The molecule has 0 heterocycles. The van der Waals surface area contributed by atoms with E-state index in [1.807, 2.05) is 31.0 Å². The fraction of sp³-hybridized carbons (Fsp3) is 0.571. The summed E-state index contributed by atoms with van der Waals surface area (Å²) in [6.45, 7) is 3.62. The van der Waals surface area contributed by atoms with Gasteiger partial charge in [-0.25, -0.2) is 0 Å². The van der Waals surface area contributed by atoms with Gasteiger partial charge >= 0.3 is 0 Å². The lowest BCUT2D eigenvalue weighted by Crippen LogP contribution is -2.40. The Morgan fingerprint density at radius 3 is 2.58 bits per heavy atom. The minimum Gasteiger partial charge on any atom is -0.492 e. The number of hydrogen-bond donors (Lipinski definition) is 2. The normalized spacial score (nSPS) is 11.9. The molecular formula is C14H22ClNO3. The van der Waals surface area contributed by atoms with E-state index in [2.05, 4.69) is 0 Å². The van der Waals surface area contributed by atoms with Crippen molar-refractivity contribution in [3.8, 4) is 5.75 Å². The van der Waals surface area contributed by atoms with Crippen LogP contribution in [-0.4, -0.2) is 55.1 Å². The molecule has 0 atom stereocenters. The van der Waals surface area contributed by atoms with Crippen molar-refractivity contribution in [2.75, 3.05) is 40.0 Å². The molecule has 19 heavy (non-hydrogen) atoms. The standard InChI is InChI=1S/C14H22ClNO3/c1-14(10-17,11-18)9-16(2)6-7-19-13-5-3-4-12(15)8-13/h3-5,8,17-18H,6-7,9-11H2,1-2H3. The second-order valence-electron chi connectivity index (χ2n) is 5.17. The smallest absolute Gasteiger partial charge is 0.120 e. The molecule has 0 aliphatic rings.